The third-order valence-electron chi connectivity index (χ3n) is 8.50. The van der Waals surface area contributed by atoms with E-state index in [2.05, 4.69) is 32.0 Å². The summed E-state index contributed by atoms with van der Waals surface area (Å²) >= 11 is 0. The van der Waals surface area contributed by atoms with Crippen LogP contribution in [0.2, 0.25) is 0 Å². The number of hydrogen-bond donors (Lipinski definition) is 2. The zero-order valence-electron chi connectivity index (χ0n) is 26.6. The van der Waals surface area contributed by atoms with E-state index in [1.54, 1.807) is 0 Å². The quantitative estimate of drug-likeness (QED) is 0.0592. The van der Waals surface area contributed by atoms with Gasteiger partial charge in [0.25, 0.3) is 0 Å². The molecular weight excluding hydrogens is 472 g/mol. The highest BCUT2D eigenvalue weighted by atomic mass is 14.7. The molecule has 1 rings (SSSR count). The Morgan fingerprint density at radius 2 is 0.692 bits per heavy atom. The number of unbranched alkanes of at least 4 members (excludes halogenated alkanes) is 24. The largest absolute Gasteiger partial charge is 0.384 e. The Balaban J connectivity index is 2.11. The second kappa shape index (κ2) is 26.9. The van der Waals surface area contributed by atoms with E-state index in [9.17, 15) is 0 Å². The van der Waals surface area contributed by atoms with Crippen LogP contribution >= 0.6 is 0 Å². The van der Waals surface area contributed by atoms with Gasteiger partial charge in [-0.15, -0.1) is 0 Å². The first-order chi connectivity index (χ1) is 19.2. The first-order valence-electron chi connectivity index (χ1n) is 17.6. The Bertz CT molecular complexity index is 632. The fourth-order valence-electron chi connectivity index (χ4n) is 5.90. The summed E-state index contributed by atoms with van der Waals surface area (Å²) in [5.41, 5.74) is 9.58. The van der Waals surface area contributed by atoms with Gasteiger partial charge in [0.1, 0.15) is 5.84 Å². The molecule has 0 heterocycles. The number of aryl methyl sites for hydroxylation is 2. The van der Waals surface area contributed by atoms with E-state index in [-0.39, 0.29) is 5.84 Å². The zero-order chi connectivity index (χ0) is 28.2. The Labute approximate surface area is 245 Å². The minimum atomic E-state index is 0.217. The van der Waals surface area contributed by atoms with Gasteiger partial charge in [0, 0.05) is 5.56 Å². The van der Waals surface area contributed by atoms with Crippen molar-refractivity contribution in [1.82, 2.24) is 0 Å². The van der Waals surface area contributed by atoms with Gasteiger partial charge in [0.05, 0.1) is 0 Å². The van der Waals surface area contributed by atoms with Crippen molar-refractivity contribution in [1.29, 1.82) is 5.41 Å². The monoisotopic (exact) mass is 541 g/mol. The molecule has 2 heteroatoms. The molecule has 1 aromatic rings. The van der Waals surface area contributed by atoms with E-state index in [1.807, 2.05) is 0 Å². The summed E-state index contributed by atoms with van der Waals surface area (Å²) in [7, 11) is 0. The summed E-state index contributed by atoms with van der Waals surface area (Å²) < 4.78 is 0. The average molecular weight is 541 g/mol. The van der Waals surface area contributed by atoms with Crippen molar-refractivity contribution in [3.05, 3.63) is 34.9 Å². The third-order valence-corrected chi connectivity index (χ3v) is 8.50. The van der Waals surface area contributed by atoms with Crippen LogP contribution < -0.4 is 5.73 Å². The van der Waals surface area contributed by atoms with E-state index in [0.717, 1.165) is 18.4 Å². The van der Waals surface area contributed by atoms with Crippen LogP contribution in [-0.2, 0) is 12.8 Å². The van der Waals surface area contributed by atoms with Crippen molar-refractivity contribution in [2.75, 3.05) is 0 Å². The second-order valence-corrected chi connectivity index (χ2v) is 12.4. The molecule has 0 aromatic heterocycles. The van der Waals surface area contributed by atoms with Crippen LogP contribution in [0.25, 0.3) is 0 Å². The van der Waals surface area contributed by atoms with Crippen LogP contribution in [0.3, 0.4) is 0 Å². The Hall–Kier alpha value is -1.31. The molecule has 0 amide bonds. The van der Waals surface area contributed by atoms with Crippen LogP contribution in [0.4, 0.5) is 0 Å². The SMILES string of the molecule is CCCCCCCCCCCCCCCc1cc(CCCCCCCCCCCCCCC)cc(C(=N)N)c1. The topological polar surface area (TPSA) is 49.9 Å². The van der Waals surface area contributed by atoms with Crippen LogP contribution in [0.5, 0.6) is 0 Å². The van der Waals surface area contributed by atoms with Gasteiger partial charge in [-0.3, -0.25) is 5.41 Å². The third kappa shape index (κ3) is 22.1. The van der Waals surface area contributed by atoms with Crippen LogP contribution in [-0.4, -0.2) is 5.84 Å². The van der Waals surface area contributed by atoms with Crippen molar-refractivity contribution < 1.29 is 0 Å². The van der Waals surface area contributed by atoms with Gasteiger partial charge >= 0.3 is 0 Å². The first kappa shape index (κ1) is 35.7. The molecule has 0 spiro atoms. The lowest BCUT2D eigenvalue weighted by atomic mass is 9.97. The lowest BCUT2D eigenvalue weighted by molar-refractivity contribution is 0.539. The molecule has 2 nitrogen and oxygen atoms in total. The Morgan fingerprint density at radius 3 is 0.949 bits per heavy atom. The fraction of sp³-hybridized carbons (Fsp3) is 0.811. The molecule has 226 valence electrons. The second-order valence-electron chi connectivity index (χ2n) is 12.4. The van der Waals surface area contributed by atoms with E-state index < -0.39 is 0 Å². The van der Waals surface area contributed by atoms with E-state index in [0.29, 0.717) is 0 Å². The van der Waals surface area contributed by atoms with Gasteiger partial charge in [0.15, 0.2) is 0 Å². The smallest absolute Gasteiger partial charge is 0.122 e. The summed E-state index contributed by atoms with van der Waals surface area (Å²) in [5.74, 6) is 0.217. The summed E-state index contributed by atoms with van der Waals surface area (Å²) in [6, 6.07) is 6.72. The minimum absolute atomic E-state index is 0.217. The molecule has 0 aliphatic carbocycles. The maximum atomic E-state index is 7.97. The van der Waals surface area contributed by atoms with Crippen molar-refractivity contribution >= 4 is 5.84 Å². The molecule has 0 aliphatic heterocycles. The highest BCUT2D eigenvalue weighted by Crippen LogP contribution is 2.18. The highest BCUT2D eigenvalue weighted by molar-refractivity contribution is 5.95. The van der Waals surface area contributed by atoms with Gasteiger partial charge in [-0.05, 0) is 48.9 Å². The molecule has 0 aliphatic rings. The van der Waals surface area contributed by atoms with Crippen LogP contribution in [0, 0.1) is 5.41 Å². The van der Waals surface area contributed by atoms with Gasteiger partial charge in [-0.2, -0.15) is 0 Å². The summed E-state index contributed by atoms with van der Waals surface area (Å²) in [5, 5.41) is 7.97. The van der Waals surface area contributed by atoms with Crippen molar-refractivity contribution in [3.63, 3.8) is 0 Å². The first-order valence-corrected chi connectivity index (χ1v) is 17.6. The number of nitrogen functional groups attached to an aromatic ring is 1. The van der Waals surface area contributed by atoms with Gasteiger partial charge in [-0.25, -0.2) is 0 Å². The maximum absolute atomic E-state index is 7.97. The lowest BCUT2D eigenvalue weighted by Gasteiger charge is -2.10. The fourth-order valence-corrected chi connectivity index (χ4v) is 5.90. The summed E-state index contributed by atoms with van der Waals surface area (Å²) in [4.78, 5) is 0. The number of benzene rings is 1. The normalized spacial score (nSPS) is 11.3. The molecule has 0 atom stereocenters. The zero-order valence-corrected chi connectivity index (χ0v) is 26.6. The van der Waals surface area contributed by atoms with Crippen LogP contribution in [0.15, 0.2) is 18.2 Å². The molecule has 0 bridgehead atoms. The van der Waals surface area contributed by atoms with Crippen LogP contribution in [0.1, 0.15) is 197 Å². The molecular formula is C37H68N2. The Morgan fingerprint density at radius 1 is 0.436 bits per heavy atom. The predicted octanol–water partition coefficient (Wildman–Crippen LogP) is 12.2. The predicted molar refractivity (Wildman–Crippen MR) is 176 cm³/mol. The summed E-state index contributed by atoms with van der Waals surface area (Å²) in [6.45, 7) is 4.59. The molecule has 0 fully saturated rings. The van der Waals surface area contributed by atoms with E-state index in [4.69, 9.17) is 11.1 Å². The standard InChI is InChI=1S/C37H68N2/c1-3-5-7-9-11-13-15-17-19-21-23-25-27-29-34-31-35(33-36(32-34)37(38)39)30-28-26-24-22-20-18-16-14-12-10-8-6-4-2/h31-33H,3-30H2,1-2H3,(H3,38,39). The number of rotatable bonds is 29. The number of hydrogen-bond acceptors (Lipinski definition) is 1. The average Bonchev–Trinajstić information content (AvgIpc) is 2.93. The Kier molecular flexibility index (Phi) is 24.6. The molecule has 1 aromatic carbocycles. The lowest BCUT2D eigenvalue weighted by Crippen LogP contribution is -2.12. The maximum Gasteiger partial charge on any atom is 0.122 e. The molecule has 3 N–H and O–H groups in total. The van der Waals surface area contributed by atoms with Crippen molar-refractivity contribution in [2.45, 2.75) is 194 Å². The van der Waals surface area contributed by atoms with Gasteiger partial charge in [0.2, 0.25) is 0 Å². The molecule has 0 radical (unpaired) electrons. The number of nitrogens with two attached hydrogens (primary N) is 1. The van der Waals surface area contributed by atoms with Crippen molar-refractivity contribution in [3.8, 4) is 0 Å². The number of nitrogens with one attached hydrogen (secondary N) is 1. The van der Waals surface area contributed by atoms with E-state index in [1.165, 1.54) is 178 Å². The highest BCUT2D eigenvalue weighted by Gasteiger charge is 2.05. The summed E-state index contributed by atoms with van der Waals surface area (Å²) in [6.07, 6.45) is 38.6. The number of amidine groups is 1. The van der Waals surface area contributed by atoms with Crippen molar-refractivity contribution in [2.24, 2.45) is 5.73 Å². The molecule has 0 unspecified atom stereocenters. The van der Waals surface area contributed by atoms with E-state index >= 15 is 0 Å². The van der Waals surface area contributed by atoms with Gasteiger partial charge in [-0.1, -0.05) is 174 Å². The molecule has 39 heavy (non-hydrogen) atoms. The van der Waals surface area contributed by atoms with Gasteiger partial charge < -0.3 is 5.73 Å². The molecule has 0 saturated carbocycles. The molecule has 0 saturated heterocycles. The minimum Gasteiger partial charge on any atom is -0.384 e.